The first-order chi connectivity index (χ1) is 19.2. The fourth-order valence-corrected chi connectivity index (χ4v) is 16.7. The molecule has 0 saturated carbocycles. The first-order valence-electron chi connectivity index (χ1n) is 13.9. The fraction of sp³-hybridized carbons (Fsp3) is 0.0789. The second-order valence-electron chi connectivity index (χ2n) is 10.9. The molecule has 3 heteroatoms. The van der Waals surface area contributed by atoms with E-state index in [9.17, 15) is 0 Å². The molecule has 7 rings (SSSR count). The van der Waals surface area contributed by atoms with Crippen LogP contribution in [0.4, 0.5) is 0 Å². The summed E-state index contributed by atoms with van der Waals surface area (Å²) < 4.78 is 8.64. The van der Waals surface area contributed by atoms with Crippen molar-refractivity contribution in [1.29, 1.82) is 0 Å². The summed E-state index contributed by atoms with van der Waals surface area (Å²) in [4.78, 5) is 0. The second kappa shape index (κ2) is 12.4. The van der Waals surface area contributed by atoms with Crippen LogP contribution in [0.15, 0.2) is 143 Å². The Morgan fingerprint density at radius 1 is 0.610 bits per heavy atom. The third kappa shape index (κ3) is 5.44. The molecule has 0 N–H and O–H groups in total. The van der Waals surface area contributed by atoms with Crippen molar-refractivity contribution < 1.29 is 19.8 Å². The van der Waals surface area contributed by atoms with Crippen LogP contribution in [0.2, 0.25) is 4.63 Å². The molecule has 1 atom stereocenters. The monoisotopic (exact) mass is 649 g/mol. The van der Waals surface area contributed by atoms with E-state index in [-0.39, 0.29) is 24.8 Å². The van der Waals surface area contributed by atoms with Gasteiger partial charge in [-0.25, -0.2) is 0 Å². The van der Waals surface area contributed by atoms with Crippen molar-refractivity contribution in [2.45, 2.75) is 17.5 Å². The molecule has 0 radical (unpaired) electrons. The molecule has 0 aromatic heterocycles. The zero-order valence-corrected chi connectivity index (χ0v) is 27.2. The average molecular weight is 652 g/mol. The van der Waals surface area contributed by atoms with E-state index in [1.807, 2.05) is 0 Å². The molecule has 5 aromatic rings. The Hall–Kier alpha value is -3.09. The van der Waals surface area contributed by atoms with Gasteiger partial charge in [0.2, 0.25) is 0 Å². The van der Waals surface area contributed by atoms with Crippen LogP contribution in [-0.4, -0.2) is 3.71 Å². The Labute approximate surface area is 260 Å². The van der Waals surface area contributed by atoms with Crippen LogP contribution in [-0.2, 0) is 26.2 Å². The van der Waals surface area contributed by atoms with Crippen LogP contribution < -0.4 is 3.27 Å². The van der Waals surface area contributed by atoms with Gasteiger partial charge in [-0.15, -0.1) is 24.8 Å². The van der Waals surface area contributed by atoms with Gasteiger partial charge in [0.15, 0.2) is 0 Å². The Morgan fingerprint density at radius 2 is 1.22 bits per heavy atom. The average Bonchev–Trinajstić information content (AvgIpc) is 3.67. The van der Waals surface area contributed by atoms with Gasteiger partial charge in [-0.3, -0.25) is 0 Å². The molecule has 0 spiro atoms. The Bertz CT molecular complexity index is 1800. The summed E-state index contributed by atoms with van der Waals surface area (Å²) >= 11 is -3.29. The minimum atomic E-state index is -3.29. The Balaban J connectivity index is 0.00000169. The summed E-state index contributed by atoms with van der Waals surface area (Å²) in [6, 6.07) is 44.8. The molecule has 41 heavy (non-hydrogen) atoms. The second-order valence-corrected chi connectivity index (χ2v) is 20.3. The van der Waals surface area contributed by atoms with Gasteiger partial charge in [-0.2, -0.15) is 0 Å². The summed E-state index contributed by atoms with van der Waals surface area (Å²) in [5, 5.41) is 0. The van der Waals surface area contributed by atoms with Crippen LogP contribution in [0.5, 0.6) is 0 Å². The molecule has 0 amide bonds. The van der Waals surface area contributed by atoms with Crippen molar-refractivity contribution in [3.63, 3.8) is 0 Å². The van der Waals surface area contributed by atoms with E-state index in [2.05, 4.69) is 148 Å². The standard InChI is InChI=1S/C25H17.C7H6.C5H5.CH3.2ClH.Zr/c1-3-7-18(8-4-1)20-11-13-24-22(15-20)17-23-16-21(12-14-25(23)24)19-9-5-2-6-10-19;1-7-5-3-2-4-6-7;1-2-4-5-3-1;;;;/h1-15H,17H2;1-6H;1-3H,4H2;1H3;2*1H;. The quantitative estimate of drug-likeness (QED) is 0.174. The van der Waals surface area contributed by atoms with Gasteiger partial charge in [0.25, 0.3) is 0 Å². The summed E-state index contributed by atoms with van der Waals surface area (Å²) in [5.41, 5.74) is 12.5. The van der Waals surface area contributed by atoms with Gasteiger partial charge < -0.3 is 0 Å². The van der Waals surface area contributed by atoms with Crippen LogP contribution >= 0.6 is 24.8 Å². The molecule has 203 valence electrons. The van der Waals surface area contributed by atoms with Crippen molar-refractivity contribution in [3.8, 4) is 33.4 Å². The molecule has 2 aliphatic carbocycles. The topological polar surface area (TPSA) is 0 Å². The van der Waals surface area contributed by atoms with Crippen molar-refractivity contribution in [3.05, 3.63) is 160 Å². The van der Waals surface area contributed by atoms with Crippen LogP contribution in [0, 0.1) is 0 Å². The minimum absolute atomic E-state index is 0. The molecule has 0 fully saturated rings. The third-order valence-corrected chi connectivity index (χ3v) is 18.9. The van der Waals surface area contributed by atoms with Gasteiger partial charge in [0.05, 0.1) is 0 Å². The molecule has 0 heterocycles. The maximum absolute atomic E-state index is 3.29. The number of fused-ring (bicyclic) bond motifs is 3. The van der Waals surface area contributed by atoms with Crippen molar-refractivity contribution in [2.75, 3.05) is 0 Å². The fourth-order valence-electron chi connectivity index (χ4n) is 6.58. The number of benzene rings is 5. The van der Waals surface area contributed by atoms with E-state index in [0.717, 1.165) is 12.8 Å². The zero-order chi connectivity index (χ0) is 26.2. The SMILES string of the molecule is Cl.Cl.[CH3][Zr](=[CH]c1ccccc1)([C]1=CC=CC1)[c]1c(-c2ccccc2)ccc2c1Cc1cc(-c3ccccc3)ccc1-2. The van der Waals surface area contributed by atoms with E-state index < -0.39 is 19.8 Å². The van der Waals surface area contributed by atoms with Gasteiger partial charge in [0.1, 0.15) is 0 Å². The summed E-state index contributed by atoms with van der Waals surface area (Å²) in [6.07, 6.45) is 9.11. The van der Waals surface area contributed by atoms with Gasteiger partial charge >= 0.3 is 237 Å². The zero-order valence-electron chi connectivity index (χ0n) is 23.1. The molecular weight excluding hydrogens is 619 g/mol. The number of halogens is 2. The predicted molar refractivity (Wildman–Crippen MR) is 179 cm³/mol. The molecule has 1 unspecified atom stereocenters. The third-order valence-electron chi connectivity index (χ3n) is 8.48. The van der Waals surface area contributed by atoms with Gasteiger partial charge in [-0.1, -0.05) is 0 Å². The Morgan fingerprint density at radius 3 is 1.88 bits per heavy atom. The molecule has 2 aliphatic rings. The van der Waals surface area contributed by atoms with E-state index in [4.69, 9.17) is 0 Å². The Kier molecular flexibility index (Phi) is 8.91. The molecule has 0 saturated heterocycles. The van der Waals surface area contributed by atoms with Gasteiger partial charge in [0, 0.05) is 0 Å². The molecular formula is C38H33Cl2Zr. The van der Waals surface area contributed by atoms with Crippen LogP contribution in [0.3, 0.4) is 0 Å². The predicted octanol–water partition coefficient (Wildman–Crippen LogP) is 9.96. The van der Waals surface area contributed by atoms with Crippen molar-refractivity contribution >= 4 is 31.8 Å². The first-order valence-corrected chi connectivity index (χ1v) is 20.2. The van der Waals surface area contributed by atoms with E-state index in [1.165, 1.54) is 44.5 Å². The summed E-state index contributed by atoms with van der Waals surface area (Å²) in [5.74, 6) is 0. The molecule has 5 aromatic carbocycles. The van der Waals surface area contributed by atoms with E-state index in [0.29, 0.717) is 0 Å². The van der Waals surface area contributed by atoms with Crippen LogP contribution in [0.1, 0.15) is 23.1 Å². The van der Waals surface area contributed by atoms with E-state index in [1.54, 1.807) is 12.1 Å². The molecule has 0 bridgehead atoms. The number of allylic oxidation sites excluding steroid dienone is 4. The van der Waals surface area contributed by atoms with Crippen molar-refractivity contribution in [2.24, 2.45) is 0 Å². The molecule has 0 nitrogen and oxygen atoms in total. The number of hydrogen-bond acceptors (Lipinski definition) is 0. The number of hydrogen-bond donors (Lipinski definition) is 0. The summed E-state index contributed by atoms with van der Waals surface area (Å²) in [6.45, 7) is 0. The first kappa shape index (κ1) is 29.4. The maximum atomic E-state index is 2.70. The molecule has 0 aliphatic heterocycles. The van der Waals surface area contributed by atoms with E-state index >= 15 is 0 Å². The van der Waals surface area contributed by atoms with Gasteiger partial charge in [-0.05, 0) is 0 Å². The van der Waals surface area contributed by atoms with Crippen LogP contribution in [0.25, 0.3) is 33.4 Å². The summed E-state index contributed by atoms with van der Waals surface area (Å²) in [7, 11) is 0. The van der Waals surface area contributed by atoms with Crippen molar-refractivity contribution in [1.82, 2.24) is 0 Å². The number of rotatable bonds is 5. The normalized spacial score (nSPS) is 14.1.